The van der Waals surface area contributed by atoms with E-state index < -0.39 is 19.1 Å². The average Bonchev–Trinajstić information content (AvgIpc) is 2.45. The zero-order valence-corrected chi connectivity index (χ0v) is 12.2. The Morgan fingerprint density at radius 1 is 1.36 bits per heavy atom. The van der Waals surface area contributed by atoms with Crippen LogP contribution >= 0.6 is 0 Å². The quantitative estimate of drug-likeness (QED) is 0.820. The van der Waals surface area contributed by atoms with E-state index >= 15 is 0 Å². The van der Waals surface area contributed by atoms with Crippen molar-refractivity contribution < 1.29 is 23.1 Å². The Labute approximate surface area is 127 Å². The summed E-state index contributed by atoms with van der Waals surface area (Å²) in [5.74, 6) is -0.336. The number of imide groups is 1. The fourth-order valence-electron chi connectivity index (χ4n) is 2.40. The number of hydrogen-bond acceptors (Lipinski definition) is 3. The molecule has 5 nitrogen and oxygen atoms in total. The van der Waals surface area contributed by atoms with Gasteiger partial charge in [-0.2, -0.15) is 0 Å². The van der Waals surface area contributed by atoms with Crippen LogP contribution in [0.3, 0.4) is 0 Å². The van der Waals surface area contributed by atoms with Crippen LogP contribution in [0.1, 0.15) is 23.6 Å². The van der Waals surface area contributed by atoms with Crippen molar-refractivity contribution in [2.75, 3.05) is 19.8 Å². The number of aryl methyl sites for hydroxylation is 1. The second kappa shape index (κ2) is 7.31. The first kappa shape index (κ1) is 16.4. The van der Waals surface area contributed by atoms with Gasteiger partial charge in [0.05, 0.1) is 25.6 Å². The Hall–Kier alpha value is -2.02. The van der Waals surface area contributed by atoms with Crippen LogP contribution in [-0.2, 0) is 9.53 Å². The number of urea groups is 1. The van der Waals surface area contributed by atoms with Crippen molar-refractivity contribution in [2.24, 2.45) is 0 Å². The number of hydrogen-bond donors (Lipinski definition) is 1. The van der Waals surface area contributed by atoms with E-state index in [-0.39, 0.29) is 31.5 Å². The number of alkyl halides is 2. The molecule has 2 rings (SSSR count). The summed E-state index contributed by atoms with van der Waals surface area (Å²) in [4.78, 5) is 25.1. The molecule has 1 fully saturated rings. The maximum atomic E-state index is 12.1. The van der Waals surface area contributed by atoms with E-state index in [9.17, 15) is 18.4 Å². The monoisotopic (exact) mass is 312 g/mol. The SMILES string of the molecule is Cc1ccccc1C1CC(=O)N(CCOCC(F)F)C(=O)N1. The molecule has 0 saturated carbocycles. The number of amides is 3. The predicted molar refractivity (Wildman–Crippen MR) is 75.6 cm³/mol. The van der Waals surface area contributed by atoms with E-state index in [1.165, 1.54) is 0 Å². The molecular formula is C15H18F2N2O3. The maximum absolute atomic E-state index is 12.1. The average molecular weight is 312 g/mol. The minimum atomic E-state index is -2.56. The van der Waals surface area contributed by atoms with Gasteiger partial charge in [0.15, 0.2) is 0 Å². The fourth-order valence-corrected chi connectivity index (χ4v) is 2.40. The molecule has 1 unspecified atom stereocenters. The van der Waals surface area contributed by atoms with E-state index in [4.69, 9.17) is 4.74 Å². The summed E-state index contributed by atoms with van der Waals surface area (Å²) in [5, 5.41) is 2.77. The van der Waals surface area contributed by atoms with Gasteiger partial charge in [0.1, 0.15) is 6.61 Å². The number of carbonyl (C=O) groups excluding carboxylic acids is 2. The molecule has 1 aliphatic heterocycles. The summed E-state index contributed by atoms with van der Waals surface area (Å²) in [6, 6.07) is 6.64. The zero-order chi connectivity index (χ0) is 16.1. The number of nitrogens with one attached hydrogen (secondary N) is 1. The molecule has 1 N–H and O–H groups in total. The third-order valence-electron chi connectivity index (χ3n) is 3.49. The van der Waals surface area contributed by atoms with Crippen molar-refractivity contribution in [3.8, 4) is 0 Å². The lowest BCUT2D eigenvalue weighted by Gasteiger charge is -2.32. The van der Waals surface area contributed by atoms with Gasteiger partial charge in [-0.1, -0.05) is 24.3 Å². The molecule has 1 atom stereocenters. The molecule has 0 aromatic heterocycles. The highest BCUT2D eigenvalue weighted by Crippen LogP contribution is 2.24. The summed E-state index contributed by atoms with van der Waals surface area (Å²) in [7, 11) is 0. The Balaban J connectivity index is 1.93. The number of ether oxygens (including phenoxy) is 1. The van der Waals surface area contributed by atoms with E-state index in [2.05, 4.69) is 5.32 Å². The first-order valence-electron chi connectivity index (χ1n) is 7.01. The maximum Gasteiger partial charge on any atom is 0.324 e. The zero-order valence-electron chi connectivity index (χ0n) is 12.2. The first-order chi connectivity index (χ1) is 10.5. The Morgan fingerprint density at radius 3 is 2.73 bits per heavy atom. The van der Waals surface area contributed by atoms with Crippen LogP contribution in [0.4, 0.5) is 13.6 Å². The smallest absolute Gasteiger partial charge is 0.324 e. The molecular weight excluding hydrogens is 294 g/mol. The van der Waals surface area contributed by atoms with E-state index in [0.29, 0.717) is 0 Å². The second-order valence-electron chi connectivity index (χ2n) is 5.07. The van der Waals surface area contributed by atoms with Crippen molar-refractivity contribution in [1.82, 2.24) is 10.2 Å². The van der Waals surface area contributed by atoms with Gasteiger partial charge in [-0.15, -0.1) is 0 Å². The van der Waals surface area contributed by atoms with Crippen molar-refractivity contribution in [3.63, 3.8) is 0 Å². The highest BCUT2D eigenvalue weighted by Gasteiger charge is 2.32. The summed E-state index contributed by atoms with van der Waals surface area (Å²) < 4.78 is 28.6. The highest BCUT2D eigenvalue weighted by atomic mass is 19.3. The van der Waals surface area contributed by atoms with Crippen LogP contribution in [0.25, 0.3) is 0 Å². The van der Waals surface area contributed by atoms with Gasteiger partial charge < -0.3 is 10.1 Å². The van der Waals surface area contributed by atoms with E-state index in [0.717, 1.165) is 16.0 Å². The third kappa shape index (κ3) is 4.00. The molecule has 120 valence electrons. The minimum absolute atomic E-state index is 0.0299. The molecule has 7 heteroatoms. The van der Waals surface area contributed by atoms with E-state index in [1.54, 1.807) is 0 Å². The van der Waals surface area contributed by atoms with Gasteiger partial charge >= 0.3 is 6.03 Å². The topological polar surface area (TPSA) is 58.6 Å². The summed E-state index contributed by atoms with van der Waals surface area (Å²) >= 11 is 0. The highest BCUT2D eigenvalue weighted by molar-refractivity contribution is 5.97. The molecule has 0 spiro atoms. The van der Waals surface area contributed by atoms with Crippen LogP contribution in [0, 0.1) is 6.92 Å². The normalized spacial score (nSPS) is 18.7. The first-order valence-corrected chi connectivity index (χ1v) is 7.01. The van der Waals surface area contributed by atoms with Gasteiger partial charge in [-0.05, 0) is 18.1 Å². The number of halogens is 2. The lowest BCUT2D eigenvalue weighted by Crippen LogP contribution is -2.52. The number of rotatable bonds is 6. The summed E-state index contributed by atoms with van der Waals surface area (Å²) in [6.45, 7) is 1.09. The van der Waals surface area contributed by atoms with Gasteiger partial charge in [-0.3, -0.25) is 9.69 Å². The molecule has 1 saturated heterocycles. The van der Waals surface area contributed by atoms with Gasteiger partial charge in [0.2, 0.25) is 5.91 Å². The molecule has 0 radical (unpaired) electrons. The molecule has 1 heterocycles. The van der Waals surface area contributed by atoms with Crippen molar-refractivity contribution >= 4 is 11.9 Å². The molecule has 0 aliphatic carbocycles. The van der Waals surface area contributed by atoms with Gasteiger partial charge in [0, 0.05) is 0 Å². The lowest BCUT2D eigenvalue weighted by atomic mass is 9.97. The molecule has 1 aromatic carbocycles. The van der Waals surface area contributed by atoms with E-state index in [1.807, 2.05) is 31.2 Å². The number of benzene rings is 1. The largest absolute Gasteiger partial charge is 0.374 e. The Morgan fingerprint density at radius 2 is 2.09 bits per heavy atom. The fraction of sp³-hybridized carbons (Fsp3) is 0.467. The third-order valence-corrected chi connectivity index (χ3v) is 3.49. The van der Waals surface area contributed by atoms with Crippen molar-refractivity contribution in [1.29, 1.82) is 0 Å². The Bertz CT molecular complexity index is 533. The van der Waals surface area contributed by atoms with Crippen LogP contribution in [0.2, 0.25) is 0 Å². The molecule has 22 heavy (non-hydrogen) atoms. The minimum Gasteiger partial charge on any atom is -0.374 e. The van der Waals surface area contributed by atoms with Crippen LogP contribution in [0.5, 0.6) is 0 Å². The summed E-state index contributed by atoms with van der Waals surface area (Å²) in [6.07, 6.45) is -2.41. The Kier molecular flexibility index (Phi) is 5.43. The summed E-state index contributed by atoms with van der Waals surface area (Å²) in [5.41, 5.74) is 1.90. The van der Waals surface area contributed by atoms with Crippen LogP contribution in [0.15, 0.2) is 24.3 Å². The number of nitrogens with zero attached hydrogens (tertiary/aromatic N) is 1. The molecule has 1 aliphatic rings. The molecule has 0 bridgehead atoms. The predicted octanol–water partition coefficient (Wildman–Crippen LogP) is 2.26. The molecule has 1 aromatic rings. The van der Waals surface area contributed by atoms with Gasteiger partial charge in [0.25, 0.3) is 6.43 Å². The lowest BCUT2D eigenvalue weighted by molar-refractivity contribution is -0.131. The second-order valence-corrected chi connectivity index (χ2v) is 5.07. The van der Waals surface area contributed by atoms with Gasteiger partial charge in [-0.25, -0.2) is 13.6 Å². The van der Waals surface area contributed by atoms with Crippen molar-refractivity contribution in [2.45, 2.75) is 25.8 Å². The van der Waals surface area contributed by atoms with Crippen LogP contribution in [-0.4, -0.2) is 43.0 Å². The van der Waals surface area contributed by atoms with Crippen LogP contribution < -0.4 is 5.32 Å². The number of carbonyl (C=O) groups is 2. The standard InChI is InChI=1S/C15H18F2N2O3/c1-10-4-2-3-5-11(10)12-8-14(20)19(15(21)18-12)6-7-22-9-13(16)17/h2-5,12-13H,6-9H2,1H3,(H,18,21). The van der Waals surface area contributed by atoms with Crippen molar-refractivity contribution in [3.05, 3.63) is 35.4 Å². The molecule has 3 amide bonds.